The van der Waals surface area contributed by atoms with Gasteiger partial charge < -0.3 is 5.11 Å². The first-order chi connectivity index (χ1) is 15.9. The molecule has 1 aliphatic carbocycles. The van der Waals surface area contributed by atoms with Gasteiger partial charge in [0.25, 0.3) is 0 Å². The molecule has 1 atom stereocenters. The highest BCUT2D eigenvalue weighted by molar-refractivity contribution is 7.91. The second-order valence-electron chi connectivity index (χ2n) is 9.54. The van der Waals surface area contributed by atoms with E-state index in [0.717, 1.165) is 24.3 Å². The Morgan fingerprint density at radius 2 is 1.58 bits per heavy atom. The van der Waals surface area contributed by atoms with E-state index in [1.165, 1.54) is 50.5 Å². The highest BCUT2D eigenvalue weighted by Crippen LogP contribution is 2.32. The topological polar surface area (TPSA) is 71.4 Å². The van der Waals surface area contributed by atoms with E-state index < -0.39 is 15.8 Å². The second kappa shape index (κ2) is 12.9. The Hall–Kier alpha value is -2.14. The summed E-state index contributed by atoms with van der Waals surface area (Å²) in [6, 6.07) is 16.9. The highest BCUT2D eigenvalue weighted by Gasteiger charge is 2.20. The minimum atomic E-state index is -3.31. The molecule has 0 aliphatic heterocycles. The van der Waals surface area contributed by atoms with Gasteiger partial charge in [0.05, 0.1) is 10.6 Å². The molecule has 1 unspecified atom stereocenters. The van der Waals surface area contributed by atoms with Gasteiger partial charge in [0, 0.05) is 6.42 Å². The number of rotatable bonds is 12. The van der Waals surface area contributed by atoms with Gasteiger partial charge in [0.15, 0.2) is 9.84 Å². The zero-order valence-corrected chi connectivity index (χ0v) is 20.4. The predicted octanol–water partition coefficient (Wildman–Crippen LogP) is 6.79. The van der Waals surface area contributed by atoms with Crippen LogP contribution in [0.15, 0.2) is 59.5 Å². The van der Waals surface area contributed by atoms with Crippen molar-refractivity contribution in [3.05, 3.63) is 65.7 Å². The van der Waals surface area contributed by atoms with Crippen LogP contribution >= 0.6 is 0 Å². The molecule has 1 N–H and O–H groups in total. The molecular weight excluding hydrogens is 432 g/mol. The van der Waals surface area contributed by atoms with Crippen LogP contribution in [0.2, 0.25) is 0 Å². The van der Waals surface area contributed by atoms with E-state index in [1.807, 2.05) is 18.2 Å². The van der Waals surface area contributed by atoms with Crippen LogP contribution in [0, 0.1) is 5.92 Å². The molecule has 2 aromatic rings. The highest BCUT2D eigenvalue weighted by atomic mass is 32.2. The van der Waals surface area contributed by atoms with Crippen molar-refractivity contribution in [1.29, 1.82) is 0 Å². The van der Waals surface area contributed by atoms with Crippen LogP contribution in [0.4, 0.5) is 0 Å². The smallest absolute Gasteiger partial charge is 0.303 e. The van der Waals surface area contributed by atoms with Gasteiger partial charge >= 0.3 is 5.97 Å². The normalized spacial score (nSPS) is 16.2. The van der Waals surface area contributed by atoms with Crippen molar-refractivity contribution >= 4 is 15.8 Å². The number of aryl methyl sites for hydroxylation is 1. The number of sulfone groups is 1. The third kappa shape index (κ3) is 8.62. The SMILES string of the molecule is O=C(O)CCc1ccc(C(CCCC2CCCCCC2)CCS(=O)(=O)c2ccccc2)cc1. The molecule has 1 aliphatic rings. The lowest BCUT2D eigenvalue weighted by atomic mass is 9.87. The molecule has 1 fully saturated rings. The van der Waals surface area contributed by atoms with Gasteiger partial charge in [-0.05, 0) is 54.4 Å². The van der Waals surface area contributed by atoms with E-state index in [1.54, 1.807) is 24.3 Å². The van der Waals surface area contributed by atoms with Crippen LogP contribution < -0.4 is 0 Å². The van der Waals surface area contributed by atoms with Crippen molar-refractivity contribution in [2.75, 3.05) is 5.75 Å². The number of benzene rings is 2. The summed E-state index contributed by atoms with van der Waals surface area (Å²) in [4.78, 5) is 11.3. The lowest BCUT2D eigenvalue weighted by Gasteiger charge is -2.20. The maximum absolute atomic E-state index is 12.9. The van der Waals surface area contributed by atoms with Crippen LogP contribution in [0.25, 0.3) is 0 Å². The maximum atomic E-state index is 12.9. The Kier molecular flexibility index (Phi) is 9.98. The first-order valence-electron chi connectivity index (χ1n) is 12.5. The summed E-state index contributed by atoms with van der Waals surface area (Å²) in [5, 5.41) is 8.92. The van der Waals surface area contributed by atoms with Crippen molar-refractivity contribution in [2.24, 2.45) is 5.92 Å². The molecule has 5 heteroatoms. The van der Waals surface area contributed by atoms with Crippen LogP contribution in [-0.2, 0) is 21.1 Å². The molecule has 0 radical (unpaired) electrons. The zero-order valence-electron chi connectivity index (χ0n) is 19.6. The number of carbonyl (C=O) groups is 1. The summed E-state index contributed by atoms with van der Waals surface area (Å²) in [6.07, 6.45) is 12.7. The second-order valence-corrected chi connectivity index (χ2v) is 11.7. The van der Waals surface area contributed by atoms with Gasteiger partial charge in [-0.1, -0.05) is 93.8 Å². The van der Waals surface area contributed by atoms with Gasteiger partial charge in [-0.2, -0.15) is 0 Å². The van der Waals surface area contributed by atoms with E-state index in [2.05, 4.69) is 12.1 Å². The summed E-state index contributed by atoms with van der Waals surface area (Å²) < 4.78 is 25.7. The van der Waals surface area contributed by atoms with E-state index >= 15 is 0 Å². The summed E-state index contributed by atoms with van der Waals surface area (Å²) >= 11 is 0. The maximum Gasteiger partial charge on any atom is 0.303 e. The number of hydrogen-bond donors (Lipinski definition) is 1. The minimum absolute atomic E-state index is 0.124. The first kappa shape index (κ1) is 25.5. The molecule has 0 amide bonds. The Morgan fingerprint density at radius 3 is 2.21 bits per heavy atom. The molecule has 0 saturated heterocycles. The zero-order chi connectivity index (χ0) is 23.5. The summed E-state index contributed by atoms with van der Waals surface area (Å²) in [5.74, 6) is 0.371. The average molecular weight is 471 g/mol. The summed E-state index contributed by atoms with van der Waals surface area (Å²) in [5.41, 5.74) is 2.17. The van der Waals surface area contributed by atoms with Crippen LogP contribution in [0.5, 0.6) is 0 Å². The van der Waals surface area contributed by atoms with Crippen molar-refractivity contribution < 1.29 is 18.3 Å². The van der Waals surface area contributed by atoms with Crippen LogP contribution in [0.3, 0.4) is 0 Å². The van der Waals surface area contributed by atoms with Crippen molar-refractivity contribution in [2.45, 2.75) is 87.9 Å². The molecule has 0 spiro atoms. The number of carboxylic acid groups (broad SMARTS) is 1. The first-order valence-corrected chi connectivity index (χ1v) is 14.2. The van der Waals surface area contributed by atoms with Crippen molar-refractivity contribution in [3.63, 3.8) is 0 Å². The van der Waals surface area contributed by atoms with Crippen molar-refractivity contribution in [1.82, 2.24) is 0 Å². The molecule has 0 bridgehead atoms. The fourth-order valence-corrected chi connectivity index (χ4v) is 6.44. The average Bonchev–Trinajstić information content (AvgIpc) is 3.10. The molecule has 1 saturated carbocycles. The molecule has 3 rings (SSSR count). The molecule has 4 nitrogen and oxygen atoms in total. The third-order valence-corrected chi connectivity index (χ3v) is 8.82. The van der Waals surface area contributed by atoms with Crippen molar-refractivity contribution in [3.8, 4) is 0 Å². The lowest BCUT2D eigenvalue weighted by Crippen LogP contribution is -2.12. The lowest BCUT2D eigenvalue weighted by molar-refractivity contribution is -0.136. The largest absolute Gasteiger partial charge is 0.481 e. The molecule has 0 heterocycles. The Bertz CT molecular complexity index is 943. The Morgan fingerprint density at radius 1 is 0.909 bits per heavy atom. The molecule has 33 heavy (non-hydrogen) atoms. The molecule has 0 aromatic heterocycles. The third-order valence-electron chi connectivity index (χ3n) is 7.06. The van der Waals surface area contributed by atoms with Gasteiger partial charge in [-0.15, -0.1) is 0 Å². The Balaban J connectivity index is 1.65. The number of carboxylic acids is 1. The quantitative estimate of drug-likeness (QED) is 0.347. The van der Waals surface area contributed by atoms with Crippen LogP contribution in [-0.4, -0.2) is 25.2 Å². The number of aliphatic carboxylic acids is 1. The number of hydrogen-bond acceptors (Lipinski definition) is 3. The van der Waals surface area contributed by atoms with E-state index in [0.29, 0.717) is 17.7 Å². The van der Waals surface area contributed by atoms with Gasteiger partial charge in [-0.3, -0.25) is 4.79 Å². The van der Waals surface area contributed by atoms with Gasteiger partial charge in [-0.25, -0.2) is 8.42 Å². The van der Waals surface area contributed by atoms with Gasteiger partial charge in [0.2, 0.25) is 0 Å². The molecular formula is C28H38O4S. The standard InChI is InChI=1S/C28H38O4S/c29-28(30)20-17-24-15-18-26(19-16-24)25(12-8-11-23-9-4-1-2-5-10-23)21-22-33(31,32)27-13-6-3-7-14-27/h3,6-7,13-16,18-19,23,25H,1-2,4-5,8-12,17,20-22H2,(H,29,30). The molecule has 2 aromatic carbocycles. The Labute approximate surface area is 199 Å². The van der Waals surface area contributed by atoms with E-state index in [4.69, 9.17) is 5.11 Å². The molecule has 180 valence electrons. The summed E-state index contributed by atoms with van der Waals surface area (Å²) in [6.45, 7) is 0. The van der Waals surface area contributed by atoms with Crippen LogP contribution in [0.1, 0.15) is 87.7 Å². The predicted molar refractivity (Wildman–Crippen MR) is 133 cm³/mol. The van der Waals surface area contributed by atoms with Gasteiger partial charge in [0.1, 0.15) is 0 Å². The van der Waals surface area contributed by atoms with E-state index in [-0.39, 0.29) is 18.1 Å². The fraction of sp³-hybridized carbons (Fsp3) is 0.536. The monoisotopic (exact) mass is 470 g/mol. The minimum Gasteiger partial charge on any atom is -0.481 e. The van der Waals surface area contributed by atoms with E-state index in [9.17, 15) is 13.2 Å². The fourth-order valence-electron chi connectivity index (χ4n) is 5.03. The summed E-state index contributed by atoms with van der Waals surface area (Å²) in [7, 11) is -3.31.